The van der Waals surface area contributed by atoms with E-state index in [0.717, 1.165) is 47.9 Å². The maximum absolute atomic E-state index is 4.76. The van der Waals surface area contributed by atoms with Crippen molar-refractivity contribution in [1.29, 1.82) is 0 Å². The molecule has 0 saturated carbocycles. The number of hydrogen-bond acceptors (Lipinski definition) is 6. The molecule has 1 atom stereocenters. The zero-order chi connectivity index (χ0) is 17.2. The van der Waals surface area contributed by atoms with E-state index in [4.69, 9.17) is 4.98 Å². The molecule has 4 rings (SSSR count). The third kappa shape index (κ3) is 3.46. The molecule has 25 heavy (non-hydrogen) atoms. The molecule has 0 bridgehead atoms. The van der Waals surface area contributed by atoms with E-state index >= 15 is 0 Å². The molecule has 130 valence electrons. The summed E-state index contributed by atoms with van der Waals surface area (Å²) in [5.41, 5.74) is 3.19. The number of H-pyrrole nitrogens is 1. The van der Waals surface area contributed by atoms with Gasteiger partial charge in [0.25, 0.3) is 0 Å². The normalized spacial score (nSPS) is 18.6. The minimum absolute atomic E-state index is 0.461. The molecule has 4 heterocycles. The van der Waals surface area contributed by atoms with E-state index in [1.54, 1.807) is 0 Å². The van der Waals surface area contributed by atoms with Gasteiger partial charge in [0.15, 0.2) is 5.65 Å². The summed E-state index contributed by atoms with van der Waals surface area (Å²) in [6.45, 7) is 3.01. The topological polar surface area (TPSA) is 73.8 Å². The van der Waals surface area contributed by atoms with Crippen LogP contribution in [0.1, 0.15) is 30.0 Å². The van der Waals surface area contributed by atoms with Crippen molar-refractivity contribution in [2.45, 2.75) is 25.3 Å². The molecule has 1 N–H and O–H groups in total. The lowest BCUT2D eigenvalue weighted by Crippen LogP contribution is -2.34. The standard InChI is InChI=1S/C18H23N7/c1-24(2)18-19-8-13(9-20-18)11-25-7-3-4-15(12-25)16-6-5-14-10-21-23-17(14)22-16/h5-6,8-10,15H,3-4,7,11-12H2,1-2H3,(H,21,22,23)/t15-/m0/s1. The Kier molecular flexibility index (Phi) is 4.31. The molecule has 0 amide bonds. The third-order valence-corrected chi connectivity index (χ3v) is 4.74. The van der Waals surface area contributed by atoms with Gasteiger partial charge in [0.05, 0.1) is 6.20 Å². The van der Waals surface area contributed by atoms with Gasteiger partial charge in [-0.15, -0.1) is 0 Å². The van der Waals surface area contributed by atoms with Crippen molar-refractivity contribution < 1.29 is 0 Å². The minimum Gasteiger partial charge on any atom is -0.347 e. The van der Waals surface area contributed by atoms with E-state index in [1.807, 2.05) is 37.6 Å². The van der Waals surface area contributed by atoms with Gasteiger partial charge in [0.2, 0.25) is 5.95 Å². The predicted octanol–water partition coefficient (Wildman–Crippen LogP) is 2.19. The van der Waals surface area contributed by atoms with Crippen LogP contribution in [0.4, 0.5) is 5.95 Å². The van der Waals surface area contributed by atoms with Crippen molar-refractivity contribution in [1.82, 2.24) is 30.0 Å². The molecule has 3 aromatic heterocycles. The second kappa shape index (κ2) is 6.76. The molecule has 0 spiro atoms. The average Bonchev–Trinajstić information content (AvgIpc) is 3.10. The van der Waals surface area contributed by atoms with Gasteiger partial charge in [0.1, 0.15) is 0 Å². The van der Waals surface area contributed by atoms with Gasteiger partial charge in [-0.25, -0.2) is 15.0 Å². The Balaban J connectivity index is 1.45. The quantitative estimate of drug-likeness (QED) is 0.787. The molecule has 7 nitrogen and oxygen atoms in total. The highest BCUT2D eigenvalue weighted by Gasteiger charge is 2.23. The molecule has 3 aromatic rings. The van der Waals surface area contributed by atoms with Gasteiger partial charge in [-0.05, 0) is 31.5 Å². The van der Waals surface area contributed by atoms with Gasteiger partial charge in [-0.1, -0.05) is 0 Å². The van der Waals surface area contributed by atoms with E-state index in [-0.39, 0.29) is 0 Å². The first-order chi connectivity index (χ1) is 12.2. The largest absolute Gasteiger partial charge is 0.347 e. The highest BCUT2D eigenvalue weighted by atomic mass is 15.2. The summed E-state index contributed by atoms with van der Waals surface area (Å²) in [5.74, 6) is 1.21. The Labute approximate surface area is 147 Å². The molecule has 0 radical (unpaired) electrons. The number of fused-ring (bicyclic) bond motifs is 1. The average molecular weight is 337 g/mol. The summed E-state index contributed by atoms with van der Waals surface area (Å²) in [5, 5.41) is 8.10. The van der Waals surface area contributed by atoms with Crippen LogP contribution in [0.25, 0.3) is 11.0 Å². The number of nitrogens with one attached hydrogen (secondary N) is 1. The summed E-state index contributed by atoms with van der Waals surface area (Å²) in [6, 6.07) is 4.24. The first-order valence-corrected chi connectivity index (χ1v) is 8.69. The van der Waals surface area contributed by atoms with Crippen LogP contribution >= 0.6 is 0 Å². The number of piperidine rings is 1. The summed E-state index contributed by atoms with van der Waals surface area (Å²) in [7, 11) is 3.90. The number of rotatable bonds is 4. The van der Waals surface area contributed by atoms with Crippen molar-refractivity contribution in [3.05, 3.63) is 42.0 Å². The zero-order valence-electron chi connectivity index (χ0n) is 14.7. The van der Waals surface area contributed by atoms with E-state index in [0.29, 0.717) is 5.92 Å². The van der Waals surface area contributed by atoms with Gasteiger partial charge < -0.3 is 4.90 Å². The number of pyridine rings is 1. The first kappa shape index (κ1) is 16.0. The third-order valence-electron chi connectivity index (χ3n) is 4.74. The molecule has 0 aromatic carbocycles. The summed E-state index contributed by atoms with van der Waals surface area (Å²) in [4.78, 5) is 18.0. The van der Waals surface area contributed by atoms with Gasteiger partial charge in [0, 0.05) is 62.1 Å². The molecule has 1 fully saturated rings. The molecule has 0 aliphatic carbocycles. The van der Waals surface area contributed by atoms with Crippen LogP contribution in [0.2, 0.25) is 0 Å². The van der Waals surface area contributed by atoms with E-state index in [1.165, 1.54) is 12.8 Å². The number of nitrogens with zero attached hydrogens (tertiary/aromatic N) is 6. The Morgan fingerprint density at radius 1 is 1.20 bits per heavy atom. The Morgan fingerprint density at radius 2 is 2.04 bits per heavy atom. The maximum atomic E-state index is 4.76. The van der Waals surface area contributed by atoms with Crippen molar-refractivity contribution in [2.24, 2.45) is 0 Å². The number of anilines is 1. The Morgan fingerprint density at radius 3 is 2.84 bits per heavy atom. The van der Waals surface area contributed by atoms with Crippen LogP contribution < -0.4 is 4.90 Å². The molecule has 1 aliphatic heterocycles. The predicted molar refractivity (Wildman–Crippen MR) is 97.5 cm³/mol. The van der Waals surface area contributed by atoms with Gasteiger partial charge >= 0.3 is 0 Å². The summed E-state index contributed by atoms with van der Waals surface area (Å²) < 4.78 is 0. The maximum Gasteiger partial charge on any atom is 0.224 e. The summed E-state index contributed by atoms with van der Waals surface area (Å²) >= 11 is 0. The monoisotopic (exact) mass is 337 g/mol. The Bertz CT molecular complexity index is 840. The lowest BCUT2D eigenvalue weighted by molar-refractivity contribution is 0.198. The van der Waals surface area contributed by atoms with E-state index in [9.17, 15) is 0 Å². The number of aromatic amines is 1. The molecular weight excluding hydrogens is 314 g/mol. The molecule has 0 unspecified atom stereocenters. The van der Waals surface area contributed by atoms with Crippen molar-refractivity contribution in [3.63, 3.8) is 0 Å². The molecular formula is C18H23N7. The lowest BCUT2D eigenvalue weighted by Gasteiger charge is -2.32. The van der Waals surface area contributed by atoms with Crippen LogP contribution in [-0.2, 0) is 6.54 Å². The van der Waals surface area contributed by atoms with Crippen molar-refractivity contribution >= 4 is 17.0 Å². The molecule has 1 saturated heterocycles. The fraction of sp³-hybridized carbons (Fsp3) is 0.444. The molecule has 7 heteroatoms. The van der Waals surface area contributed by atoms with Crippen LogP contribution in [0.15, 0.2) is 30.7 Å². The fourth-order valence-electron chi connectivity index (χ4n) is 3.43. The second-order valence-corrected chi connectivity index (χ2v) is 6.90. The summed E-state index contributed by atoms with van der Waals surface area (Å²) in [6.07, 6.45) is 8.04. The van der Waals surface area contributed by atoms with E-state index in [2.05, 4.69) is 37.2 Å². The SMILES string of the molecule is CN(C)c1ncc(CN2CCC[C@H](c3ccc4cn[nH]c4n3)C2)cn1. The van der Waals surface area contributed by atoms with Crippen molar-refractivity contribution in [3.8, 4) is 0 Å². The first-order valence-electron chi connectivity index (χ1n) is 8.69. The number of likely N-dealkylation sites (tertiary alicyclic amines) is 1. The highest BCUT2D eigenvalue weighted by Crippen LogP contribution is 2.27. The number of aromatic nitrogens is 5. The zero-order valence-corrected chi connectivity index (χ0v) is 14.7. The fourth-order valence-corrected chi connectivity index (χ4v) is 3.43. The van der Waals surface area contributed by atoms with Crippen LogP contribution in [0.5, 0.6) is 0 Å². The van der Waals surface area contributed by atoms with Gasteiger partial charge in [-0.3, -0.25) is 10.00 Å². The van der Waals surface area contributed by atoms with Gasteiger partial charge in [-0.2, -0.15) is 5.10 Å². The number of hydrogen-bond donors (Lipinski definition) is 1. The molecule has 1 aliphatic rings. The lowest BCUT2D eigenvalue weighted by atomic mass is 9.94. The van der Waals surface area contributed by atoms with Crippen LogP contribution in [0, 0.1) is 0 Å². The van der Waals surface area contributed by atoms with Crippen LogP contribution in [-0.4, -0.2) is 57.2 Å². The Hall–Kier alpha value is -2.54. The second-order valence-electron chi connectivity index (χ2n) is 6.90. The van der Waals surface area contributed by atoms with Crippen LogP contribution in [0.3, 0.4) is 0 Å². The van der Waals surface area contributed by atoms with Crippen molar-refractivity contribution in [2.75, 3.05) is 32.1 Å². The minimum atomic E-state index is 0.461. The smallest absolute Gasteiger partial charge is 0.224 e. The highest BCUT2D eigenvalue weighted by molar-refractivity contribution is 5.73. The van der Waals surface area contributed by atoms with E-state index < -0.39 is 0 Å².